The van der Waals surface area contributed by atoms with Crippen LogP contribution in [-0.2, 0) is 5.67 Å². The summed E-state index contributed by atoms with van der Waals surface area (Å²) in [5.74, 6) is -2.50. The molecule has 1 aliphatic rings. The molecule has 0 aliphatic heterocycles. The van der Waals surface area contributed by atoms with Crippen molar-refractivity contribution in [3.8, 4) is 0 Å². The lowest BCUT2D eigenvalue weighted by atomic mass is 9.92. The number of rotatable bonds is 7. The van der Waals surface area contributed by atoms with Crippen molar-refractivity contribution < 1.29 is 44.7 Å². The van der Waals surface area contributed by atoms with Crippen molar-refractivity contribution in [2.75, 3.05) is 16.8 Å². The average molecular weight is 649 g/mol. The van der Waals surface area contributed by atoms with Crippen LogP contribution in [0.2, 0.25) is 0 Å². The first-order valence-electron chi connectivity index (χ1n) is 12.2. The van der Waals surface area contributed by atoms with Gasteiger partial charge in [0.05, 0.1) is 16.9 Å². The van der Waals surface area contributed by atoms with Gasteiger partial charge in [-0.2, -0.15) is 26.3 Å². The second-order valence-corrected chi connectivity index (χ2v) is 10.5. The molecule has 3 aromatic carbocycles. The zero-order chi connectivity index (χ0) is 30.3. The van der Waals surface area contributed by atoms with Crippen LogP contribution >= 0.6 is 15.9 Å². The molecule has 41 heavy (non-hydrogen) atoms. The van der Waals surface area contributed by atoms with Crippen molar-refractivity contribution in [2.45, 2.75) is 37.8 Å². The van der Waals surface area contributed by atoms with E-state index < -0.39 is 51.3 Å². The number of alkyl halides is 7. The Morgan fingerprint density at radius 2 is 1.54 bits per heavy atom. The molecule has 0 spiro atoms. The topological polar surface area (TPSA) is 49.4 Å². The Morgan fingerprint density at radius 1 is 0.927 bits per heavy atom. The number of carbonyl (C=O) groups is 2. The van der Waals surface area contributed by atoms with Gasteiger partial charge in [-0.25, -0.2) is 8.78 Å². The molecular weight excluding hydrogens is 628 g/mol. The smallest absolute Gasteiger partial charge is 0.321 e. The SMILES string of the molecule is Cc1cc(C(F)(C(F)(F)F)C(F)(F)F)cc(Br)c1NC(=O)c1cccc(N(CC2CC2)C(=O)c2ccccc2)c1F. The molecule has 2 amide bonds. The Hall–Kier alpha value is -3.48. The van der Waals surface area contributed by atoms with Gasteiger partial charge in [0.1, 0.15) is 0 Å². The van der Waals surface area contributed by atoms with Crippen LogP contribution in [0.15, 0.2) is 65.1 Å². The minimum Gasteiger partial charge on any atom is -0.321 e. The lowest BCUT2D eigenvalue weighted by Crippen LogP contribution is -2.50. The maximum Gasteiger partial charge on any atom is 0.435 e. The maximum atomic E-state index is 15.7. The van der Waals surface area contributed by atoms with E-state index in [9.17, 15) is 40.3 Å². The molecule has 4 nitrogen and oxygen atoms in total. The van der Waals surface area contributed by atoms with Crippen LogP contribution in [0.1, 0.15) is 44.7 Å². The first-order valence-corrected chi connectivity index (χ1v) is 12.9. The van der Waals surface area contributed by atoms with E-state index in [2.05, 4.69) is 21.2 Å². The summed E-state index contributed by atoms with van der Waals surface area (Å²) >= 11 is 2.80. The first-order chi connectivity index (χ1) is 19.1. The number of benzene rings is 3. The second kappa shape index (κ2) is 11.1. The number of anilines is 2. The van der Waals surface area contributed by atoms with E-state index >= 15 is 4.39 Å². The monoisotopic (exact) mass is 648 g/mol. The van der Waals surface area contributed by atoms with Gasteiger partial charge in [0, 0.05) is 22.1 Å². The maximum absolute atomic E-state index is 15.7. The highest BCUT2D eigenvalue weighted by atomic mass is 79.9. The normalized spacial score (nSPS) is 14.1. The van der Waals surface area contributed by atoms with Gasteiger partial charge < -0.3 is 10.2 Å². The molecule has 218 valence electrons. The van der Waals surface area contributed by atoms with Gasteiger partial charge in [0.2, 0.25) is 0 Å². The summed E-state index contributed by atoms with van der Waals surface area (Å²) in [6, 6.07) is 12.4. The Labute approximate surface area is 237 Å². The van der Waals surface area contributed by atoms with Crippen LogP contribution in [0.25, 0.3) is 0 Å². The van der Waals surface area contributed by atoms with Crippen molar-refractivity contribution in [3.63, 3.8) is 0 Å². The van der Waals surface area contributed by atoms with E-state index in [1.54, 1.807) is 30.3 Å². The first kappa shape index (κ1) is 30.5. The number of aryl methyl sites for hydroxylation is 1. The largest absolute Gasteiger partial charge is 0.435 e. The Balaban J connectivity index is 1.68. The van der Waals surface area contributed by atoms with Gasteiger partial charge in [0.25, 0.3) is 11.8 Å². The fourth-order valence-electron chi connectivity index (χ4n) is 4.26. The molecule has 0 saturated heterocycles. The predicted molar refractivity (Wildman–Crippen MR) is 139 cm³/mol. The highest BCUT2D eigenvalue weighted by Crippen LogP contribution is 2.54. The molecule has 4 rings (SSSR count). The summed E-state index contributed by atoms with van der Waals surface area (Å²) in [6.07, 6.45) is -11.0. The van der Waals surface area contributed by atoms with Gasteiger partial charge >= 0.3 is 18.0 Å². The molecule has 0 heterocycles. The molecule has 0 radical (unpaired) electrons. The molecule has 3 aromatic rings. The van der Waals surface area contributed by atoms with E-state index in [1.165, 1.54) is 17.0 Å². The standard InChI is InChI=1S/C28H21BrF8N2O2/c1-15-12-18(26(31,27(32,33)34)28(35,36)37)13-20(29)23(15)38-24(40)19-8-5-9-21(22(19)30)39(14-16-10-11-16)25(41)17-6-3-2-4-7-17/h2-9,12-13,16H,10-11,14H2,1H3,(H,38,40). The van der Waals surface area contributed by atoms with Gasteiger partial charge in [-0.15, -0.1) is 0 Å². The third-order valence-corrected chi connectivity index (χ3v) is 7.25. The molecule has 0 unspecified atom stereocenters. The van der Waals surface area contributed by atoms with Crippen molar-refractivity contribution in [3.05, 3.63) is 93.2 Å². The molecule has 0 bridgehead atoms. The van der Waals surface area contributed by atoms with Gasteiger partial charge in [-0.1, -0.05) is 30.3 Å². The summed E-state index contributed by atoms with van der Waals surface area (Å²) in [5.41, 5.74) is -8.50. The number of amides is 2. The molecule has 1 aliphatic carbocycles. The van der Waals surface area contributed by atoms with Gasteiger partial charge in [-0.3, -0.25) is 9.59 Å². The number of hydrogen-bond acceptors (Lipinski definition) is 2. The van der Waals surface area contributed by atoms with Crippen molar-refractivity contribution in [1.82, 2.24) is 0 Å². The van der Waals surface area contributed by atoms with E-state index in [4.69, 9.17) is 0 Å². The van der Waals surface area contributed by atoms with Crippen LogP contribution in [0.5, 0.6) is 0 Å². The summed E-state index contributed by atoms with van der Waals surface area (Å²) < 4.78 is 109. The highest BCUT2D eigenvalue weighted by molar-refractivity contribution is 9.10. The van der Waals surface area contributed by atoms with Gasteiger partial charge in [-0.05, 0) is 77.5 Å². The van der Waals surface area contributed by atoms with E-state index in [0.717, 1.165) is 25.8 Å². The molecule has 1 saturated carbocycles. The summed E-state index contributed by atoms with van der Waals surface area (Å²) in [7, 11) is 0. The van der Waals surface area contributed by atoms with Gasteiger partial charge in [0.15, 0.2) is 5.82 Å². The molecule has 13 heteroatoms. The number of nitrogens with zero attached hydrogens (tertiary/aromatic N) is 1. The fraction of sp³-hybridized carbons (Fsp3) is 0.286. The number of halogens is 9. The van der Waals surface area contributed by atoms with Crippen molar-refractivity contribution >= 4 is 39.1 Å². The minimum atomic E-state index is -6.32. The minimum absolute atomic E-state index is 0.146. The summed E-state index contributed by atoms with van der Waals surface area (Å²) in [6.45, 7) is 1.25. The Bertz CT molecular complexity index is 1430. The fourth-order valence-corrected chi connectivity index (χ4v) is 4.92. The predicted octanol–water partition coefficient (Wildman–Crippen LogP) is 8.50. The lowest BCUT2D eigenvalue weighted by molar-refractivity contribution is -0.348. The number of nitrogens with one attached hydrogen (secondary N) is 1. The lowest BCUT2D eigenvalue weighted by Gasteiger charge is -2.31. The van der Waals surface area contributed by atoms with Crippen LogP contribution in [0, 0.1) is 18.7 Å². The molecule has 1 fully saturated rings. The van der Waals surface area contributed by atoms with E-state index in [0.29, 0.717) is 11.6 Å². The molecule has 1 N–H and O–H groups in total. The van der Waals surface area contributed by atoms with Crippen molar-refractivity contribution in [2.24, 2.45) is 5.92 Å². The van der Waals surface area contributed by atoms with Crippen molar-refractivity contribution in [1.29, 1.82) is 0 Å². The van der Waals surface area contributed by atoms with Crippen LogP contribution in [-0.4, -0.2) is 30.7 Å². The van der Waals surface area contributed by atoms with E-state index in [1.807, 2.05) is 0 Å². The average Bonchev–Trinajstić information content (AvgIpc) is 3.72. The Kier molecular flexibility index (Phi) is 8.23. The molecule has 0 aromatic heterocycles. The van der Waals surface area contributed by atoms with E-state index in [-0.39, 0.29) is 35.5 Å². The zero-order valence-electron chi connectivity index (χ0n) is 21.1. The third-order valence-electron chi connectivity index (χ3n) is 6.62. The molecule has 0 atom stereocenters. The number of hydrogen-bond donors (Lipinski definition) is 1. The summed E-state index contributed by atoms with van der Waals surface area (Å²) in [5, 5.41) is 2.26. The van der Waals surface area contributed by atoms with Crippen LogP contribution < -0.4 is 10.2 Å². The second-order valence-electron chi connectivity index (χ2n) is 9.62. The molecular formula is C28H21BrF8N2O2. The van der Waals surface area contributed by atoms with Crippen LogP contribution in [0.4, 0.5) is 46.5 Å². The Morgan fingerprint density at radius 3 is 2.07 bits per heavy atom. The summed E-state index contributed by atoms with van der Waals surface area (Å²) in [4.78, 5) is 27.5. The zero-order valence-corrected chi connectivity index (χ0v) is 22.7. The third kappa shape index (κ3) is 5.95. The van der Waals surface area contributed by atoms with Crippen LogP contribution in [0.3, 0.4) is 0 Å². The highest BCUT2D eigenvalue weighted by Gasteiger charge is 2.73. The number of carbonyl (C=O) groups excluding carboxylic acids is 2. The quantitative estimate of drug-likeness (QED) is 0.261.